The molecule has 0 aromatic heterocycles. The fourth-order valence-electron chi connectivity index (χ4n) is 1.79. The van der Waals surface area contributed by atoms with Crippen LogP contribution in [0.5, 0.6) is 0 Å². The van der Waals surface area contributed by atoms with Gasteiger partial charge in [-0.15, -0.1) is 0 Å². The van der Waals surface area contributed by atoms with E-state index in [-0.39, 0.29) is 60.9 Å². The summed E-state index contributed by atoms with van der Waals surface area (Å²) in [7, 11) is 0.209. The van der Waals surface area contributed by atoms with Gasteiger partial charge in [0, 0.05) is 21.1 Å². The molecule has 3 rings (SSSR count). The standard InChI is InChI=1S/2C8H11P.C6H5.HI.Pt/c2*1-9(2)8-6-4-3-5-7-8;1-2-4-6-5-3-1;;/h2*3-7H,1-2H3;1-5H;1H;/p-1. The van der Waals surface area contributed by atoms with Crippen molar-refractivity contribution >= 4 is 26.5 Å². The van der Waals surface area contributed by atoms with E-state index in [0.717, 1.165) is 0 Å². The number of hydrogen-bond acceptors (Lipinski definition) is 0. The topological polar surface area (TPSA) is 0 Å². The summed E-state index contributed by atoms with van der Waals surface area (Å²) in [5.41, 5.74) is 0. The Morgan fingerprint density at radius 1 is 0.538 bits per heavy atom. The van der Waals surface area contributed by atoms with Gasteiger partial charge in [0.2, 0.25) is 0 Å². The predicted molar refractivity (Wildman–Crippen MR) is 115 cm³/mol. The van der Waals surface area contributed by atoms with Crippen LogP contribution in [-0.2, 0) is 21.1 Å². The van der Waals surface area contributed by atoms with E-state index in [0.29, 0.717) is 0 Å². The molecule has 0 saturated carbocycles. The second-order valence-corrected chi connectivity index (χ2v) is 10.1. The molecule has 0 N–H and O–H groups in total. The minimum Gasteiger partial charge on any atom is -1.00 e. The summed E-state index contributed by atoms with van der Waals surface area (Å²) in [5, 5.41) is 2.96. The molecule has 1 radical (unpaired) electrons. The summed E-state index contributed by atoms with van der Waals surface area (Å²) in [6, 6.07) is 33.7. The Balaban J connectivity index is 0. The normalized spacial score (nSPS) is 8.85. The number of rotatable bonds is 2. The van der Waals surface area contributed by atoms with Gasteiger partial charge >= 0.3 is 0 Å². The fraction of sp³-hybridized carbons (Fsp3) is 0.182. The number of benzene rings is 3. The molecule has 3 aromatic rings. The van der Waals surface area contributed by atoms with Gasteiger partial charge < -0.3 is 24.0 Å². The van der Waals surface area contributed by atoms with E-state index in [1.54, 1.807) is 0 Å². The Hall–Kier alpha value is -0.0617. The Morgan fingerprint density at radius 3 is 1.00 bits per heavy atom. The van der Waals surface area contributed by atoms with Crippen molar-refractivity contribution in [1.82, 2.24) is 0 Å². The third-order valence-electron chi connectivity index (χ3n) is 3.15. The SMILES string of the molecule is CP(C)c1ccccc1.CP(C)c1ccccc1.[I-].[Pt].[c]1ccccc1. The first-order valence-electron chi connectivity index (χ1n) is 7.97. The smallest absolute Gasteiger partial charge is 0 e. The van der Waals surface area contributed by atoms with Crippen LogP contribution in [0.3, 0.4) is 0 Å². The molecule has 0 fully saturated rings. The van der Waals surface area contributed by atoms with Gasteiger partial charge in [0.1, 0.15) is 0 Å². The van der Waals surface area contributed by atoms with E-state index < -0.39 is 0 Å². The minimum absolute atomic E-state index is 0. The van der Waals surface area contributed by atoms with Crippen LogP contribution >= 0.6 is 15.8 Å². The summed E-state index contributed by atoms with van der Waals surface area (Å²) >= 11 is 0. The first-order valence-corrected chi connectivity index (χ1v) is 12.4. The van der Waals surface area contributed by atoms with Gasteiger partial charge in [-0.3, -0.25) is 0 Å². The minimum atomic E-state index is 0. The molecule has 0 unspecified atom stereocenters. The largest absolute Gasteiger partial charge is 1.00 e. The van der Waals surface area contributed by atoms with Crippen molar-refractivity contribution in [1.29, 1.82) is 0 Å². The van der Waals surface area contributed by atoms with E-state index in [4.69, 9.17) is 0 Å². The van der Waals surface area contributed by atoms with Crippen LogP contribution in [0.15, 0.2) is 91.0 Å². The molecule has 0 aliphatic heterocycles. The summed E-state index contributed by atoms with van der Waals surface area (Å²) in [6.45, 7) is 9.07. The van der Waals surface area contributed by atoms with Gasteiger partial charge in [-0.2, -0.15) is 0 Å². The summed E-state index contributed by atoms with van der Waals surface area (Å²) in [6.07, 6.45) is 0. The van der Waals surface area contributed by atoms with Crippen LogP contribution < -0.4 is 34.6 Å². The van der Waals surface area contributed by atoms with E-state index in [2.05, 4.69) is 93.4 Å². The van der Waals surface area contributed by atoms with Crippen LogP contribution in [0, 0.1) is 6.07 Å². The van der Waals surface area contributed by atoms with Crippen molar-refractivity contribution in [3.63, 3.8) is 0 Å². The third-order valence-corrected chi connectivity index (χ3v) is 5.81. The third kappa shape index (κ3) is 14.1. The van der Waals surface area contributed by atoms with Crippen LogP contribution in [0.2, 0.25) is 0 Å². The molecular weight excluding hydrogens is 648 g/mol. The molecule has 4 heteroatoms. The molecule has 3 aromatic carbocycles. The van der Waals surface area contributed by atoms with Gasteiger partial charge in [0.05, 0.1) is 0 Å². The van der Waals surface area contributed by atoms with Crippen molar-refractivity contribution in [2.24, 2.45) is 0 Å². The Kier molecular flexibility index (Phi) is 19.8. The van der Waals surface area contributed by atoms with E-state index >= 15 is 0 Å². The van der Waals surface area contributed by atoms with Crippen LogP contribution in [0.4, 0.5) is 0 Å². The maximum Gasteiger partial charge on any atom is 0 e. The summed E-state index contributed by atoms with van der Waals surface area (Å²) in [5.74, 6) is 0. The Morgan fingerprint density at radius 2 is 0.846 bits per heavy atom. The molecule has 0 aliphatic carbocycles. The van der Waals surface area contributed by atoms with Gasteiger partial charge in [-0.05, 0) is 43.3 Å². The van der Waals surface area contributed by atoms with Gasteiger partial charge in [0.15, 0.2) is 0 Å². The van der Waals surface area contributed by atoms with Crippen LogP contribution in [-0.4, -0.2) is 26.7 Å². The second kappa shape index (κ2) is 18.3. The van der Waals surface area contributed by atoms with Crippen molar-refractivity contribution in [3.8, 4) is 0 Å². The molecule has 0 aliphatic rings. The zero-order chi connectivity index (χ0) is 17.6. The van der Waals surface area contributed by atoms with Crippen molar-refractivity contribution < 1.29 is 45.0 Å². The quantitative estimate of drug-likeness (QED) is 0.290. The molecule has 143 valence electrons. The zero-order valence-corrected chi connectivity index (χ0v) is 22.0. The Labute approximate surface area is 194 Å². The molecule has 0 heterocycles. The van der Waals surface area contributed by atoms with Gasteiger partial charge in [-0.25, -0.2) is 0 Å². The Bertz CT molecular complexity index is 562. The predicted octanol–water partition coefficient (Wildman–Crippen LogP) is 2.60. The molecule has 0 amide bonds. The summed E-state index contributed by atoms with van der Waals surface area (Å²) in [4.78, 5) is 0. The van der Waals surface area contributed by atoms with E-state index in [9.17, 15) is 0 Å². The monoisotopic (exact) mass is 675 g/mol. The fourth-order valence-corrected chi connectivity index (χ4v) is 3.33. The number of halogens is 1. The molecular formula is C22H27IP2Pt-. The molecule has 0 saturated heterocycles. The first kappa shape index (κ1) is 28.2. The molecule has 0 nitrogen and oxygen atoms in total. The first-order chi connectivity index (χ1) is 11.6. The van der Waals surface area contributed by atoms with Crippen LogP contribution in [0.25, 0.3) is 0 Å². The average molecular weight is 675 g/mol. The number of hydrogen-bond donors (Lipinski definition) is 0. The maximum absolute atomic E-state index is 2.89. The molecule has 26 heavy (non-hydrogen) atoms. The zero-order valence-electron chi connectivity index (χ0n) is 15.7. The van der Waals surface area contributed by atoms with Gasteiger partial charge in [-0.1, -0.05) is 107 Å². The molecule has 0 atom stereocenters. The maximum atomic E-state index is 2.89. The van der Waals surface area contributed by atoms with Crippen molar-refractivity contribution in [2.45, 2.75) is 0 Å². The summed E-state index contributed by atoms with van der Waals surface area (Å²) < 4.78 is 0. The average Bonchev–Trinajstić information content (AvgIpc) is 2.65. The van der Waals surface area contributed by atoms with E-state index in [1.807, 2.05) is 30.3 Å². The van der Waals surface area contributed by atoms with Crippen LogP contribution in [0.1, 0.15) is 0 Å². The van der Waals surface area contributed by atoms with Crippen molar-refractivity contribution in [2.75, 3.05) is 26.7 Å². The molecule has 0 bridgehead atoms. The second-order valence-electron chi connectivity index (χ2n) is 5.54. The van der Waals surface area contributed by atoms with E-state index in [1.165, 1.54) is 10.6 Å². The van der Waals surface area contributed by atoms with Gasteiger partial charge in [0.25, 0.3) is 0 Å². The van der Waals surface area contributed by atoms with Crippen molar-refractivity contribution in [3.05, 3.63) is 97.1 Å². The molecule has 0 spiro atoms.